The van der Waals surface area contributed by atoms with Crippen molar-refractivity contribution in [1.82, 2.24) is 4.98 Å². The molecule has 0 saturated carbocycles. The van der Waals surface area contributed by atoms with E-state index in [1.807, 2.05) is 6.92 Å². The minimum Gasteiger partial charge on any atom is -0.481 e. The molecule has 0 unspecified atom stereocenters. The highest BCUT2D eigenvalue weighted by atomic mass is 32.2. The van der Waals surface area contributed by atoms with E-state index >= 15 is 0 Å². The van der Waals surface area contributed by atoms with Crippen molar-refractivity contribution in [1.29, 1.82) is 0 Å². The van der Waals surface area contributed by atoms with Gasteiger partial charge in [-0.25, -0.2) is 4.98 Å². The maximum atomic E-state index is 10.2. The summed E-state index contributed by atoms with van der Waals surface area (Å²) in [6, 6.07) is 0. The molecule has 0 bridgehead atoms. The Morgan fingerprint density at radius 1 is 1.83 bits per heavy atom. The number of rotatable bonds is 4. The van der Waals surface area contributed by atoms with Crippen molar-refractivity contribution in [2.45, 2.75) is 12.7 Å². The Bertz CT molecular complexity index is 272. The first kappa shape index (κ1) is 9.54. The third kappa shape index (κ3) is 3.23. The van der Waals surface area contributed by atoms with E-state index in [1.54, 1.807) is 17.5 Å². The van der Waals surface area contributed by atoms with Gasteiger partial charge in [0.05, 0.1) is 10.8 Å². The van der Waals surface area contributed by atoms with Crippen molar-refractivity contribution in [3.63, 3.8) is 0 Å². The van der Waals surface area contributed by atoms with E-state index in [1.165, 1.54) is 11.8 Å². The van der Waals surface area contributed by atoms with Crippen molar-refractivity contribution in [2.75, 3.05) is 5.75 Å². The van der Waals surface area contributed by atoms with Gasteiger partial charge in [0, 0.05) is 16.8 Å². The van der Waals surface area contributed by atoms with Crippen molar-refractivity contribution in [2.24, 2.45) is 0 Å². The molecular weight excluding hydrogens is 194 g/mol. The van der Waals surface area contributed by atoms with Gasteiger partial charge in [0.1, 0.15) is 0 Å². The summed E-state index contributed by atoms with van der Waals surface area (Å²) in [5, 5.41) is 9.39. The highest BCUT2D eigenvalue weighted by molar-refractivity contribution is 7.99. The largest absolute Gasteiger partial charge is 0.481 e. The number of aryl methyl sites for hydroxylation is 1. The summed E-state index contributed by atoms with van der Waals surface area (Å²) in [5.74, 6) is 0.149. The van der Waals surface area contributed by atoms with Crippen LogP contribution in [0.15, 0.2) is 6.20 Å². The van der Waals surface area contributed by atoms with Gasteiger partial charge in [0.2, 0.25) is 0 Å². The molecule has 1 aromatic heterocycles. The van der Waals surface area contributed by atoms with E-state index < -0.39 is 5.97 Å². The van der Waals surface area contributed by atoms with Crippen molar-refractivity contribution < 1.29 is 9.90 Å². The molecule has 3 nitrogen and oxygen atoms in total. The number of hydrogen-bond acceptors (Lipinski definition) is 4. The van der Waals surface area contributed by atoms with Gasteiger partial charge in [0.25, 0.3) is 0 Å². The van der Waals surface area contributed by atoms with Gasteiger partial charge in [-0.1, -0.05) is 0 Å². The molecule has 0 aliphatic rings. The van der Waals surface area contributed by atoms with Crippen LogP contribution in [0.4, 0.5) is 0 Å². The number of thioether (sulfide) groups is 1. The summed E-state index contributed by atoms with van der Waals surface area (Å²) in [6.45, 7) is 1.94. The van der Waals surface area contributed by atoms with Crippen LogP contribution in [0.5, 0.6) is 0 Å². The summed E-state index contributed by atoms with van der Waals surface area (Å²) in [5.41, 5.74) is 0. The van der Waals surface area contributed by atoms with Gasteiger partial charge in [-0.15, -0.1) is 23.1 Å². The Morgan fingerprint density at radius 2 is 2.58 bits per heavy atom. The van der Waals surface area contributed by atoms with Gasteiger partial charge in [-0.05, 0) is 6.92 Å². The Kier molecular flexibility index (Phi) is 3.55. The monoisotopic (exact) mass is 203 g/mol. The Labute approximate surface area is 78.8 Å². The summed E-state index contributed by atoms with van der Waals surface area (Å²) >= 11 is 3.01. The van der Waals surface area contributed by atoms with E-state index in [4.69, 9.17) is 5.11 Å². The van der Waals surface area contributed by atoms with Gasteiger partial charge < -0.3 is 5.11 Å². The first-order chi connectivity index (χ1) is 5.68. The molecule has 5 heteroatoms. The lowest BCUT2D eigenvalue weighted by atomic mass is 10.6. The molecule has 0 aromatic carbocycles. The molecule has 12 heavy (non-hydrogen) atoms. The fraction of sp³-hybridized carbons (Fsp3) is 0.429. The van der Waals surface area contributed by atoms with Crippen LogP contribution in [0.2, 0.25) is 0 Å². The third-order valence-electron chi connectivity index (χ3n) is 1.14. The normalized spacial score (nSPS) is 10.1. The summed E-state index contributed by atoms with van der Waals surface area (Å²) in [7, 11) is 0. The molecule has 0 aliphatic heterocycles. The van der Waals surface area contributed by atoms with E-state index in [-0.39, 0.29) is 5.75 Å². The second kappa shape index (κ2) is 4.47. The van der Waals surface area contributed by atoms with E-state index in [9.17, 15) is 4.79 Å². The van der Waals surface area contributed by atoms with Crippen LogP contribution in [0, 0.1) is 6.92 Å². The summed E-state index contributed by atoms with van der Waals surface area (Å²) < 4.78 is 0. The zero-order chi connectivity index (χ0) is 8.97. The number of nitrogens with zero attached hydrogens (tertiary/aromatic N) is 1. The number of carbonyl (C=O) groups is 1. The standard InChI is InChI=1S/C7H9NO2S2/c1-5-8-2-6(12-5)3-11-4-7(9)10/h2H,3-4H2,1H3,(H,9,10). The minimum absolute atomic E-state index is 0.164. The number of carboxylic acids is 1. The second-order valence-electron chi connectivity index (χ2n) is 2.23. The van der Waals surface area contributed by atoms with E-state index in [2.05, 4.69) is 4.98 Å². The fourth-order valence-corrected chi connectivity index (χ4v) is 2.34. The summed E-state index contributed by atoms with van der Waals surface area (Å²) in [4.78, 5) is 15.4. The lowest BCUT2D eigenvalue weighted by Gasteiger charge is -1.92. The van der Waals surface area contributed by atoms with E-state index in [0.29, 0.717) is 0 Å². The first-order valence-electron chi connectivity index (χ1n) is 3.39. The predicted octanol–water partition coefficient (Wildman–Crippen LogP) is 1.77. The molecule has 0 saturated heterocycles. The first-order valence-corrected chi connectivity index (χ1v) is 5.36. The zero-order valence-electron chi connectivity index (χ0n) is 6.61. The number of aliphatic carboxylic acids is 1. The molecule has 1 heterocycles. The molecule has 0 radical (unpaired) electrons. The van der Waals surface area contributed by atoms with Crippen LogP contribution >= 0.6 is 23.1 Å². The average Bonchev–Trinajstić information content (AvgIpc) is 2.35. The molecule has 66 valence electrons. The fourth-order valence-electron chi connectivity index (χ4n) is 0.711. The van der Waals surface area contributed by atoms with Crippen LogP contribution in [-0.4, -0.2) is 21.8 Å². The van der Waals surface area contributed by atoms with Crippen molar-refractivity contribution in [3.8, 4) is 0 Å². The second-order valence-corrected chi connectivity index (χ2v) is 4.54. The highest BCUT2D eigenvalue weighted by Gasteiger charge is 2.00. The molecule has 0 amide bonds. The number of hydrogen-bond donors (Lipinski definition) is 1. The number of aromatic nitrogens is 1. The predicted molar refractivity (Wildman–Crippen MR) is 50.6 cm³/mol. The lowest BCUT2D eigenvalue weighted by molar-refractivity contribution is -0.133. The van der Waals surface area contributed by atoms with Gasteiger partial charge in [-0.3, -0.25) is 4.79 Å². The van der Waals surface area contributed by atoms with Crippen LogP contribution in [0.3, 0.4) is 0 Å². The SMILES string of the molecule is Cc1ncc(CSCC(=O)O)s1. The average molecular weight is 203 g/mol. The van der Waals surface area contributed by atoms with Crippen molar-refractivity contribution in [3.05, 3.63) is 16.1 Å². The topological polar surface area (TPSA) is 50.2 Å². The van der Waals surface area contributed by atoms with Gasteiger partial charge in [-0.2, -0.15) is 0 Å². The van der Waals surface area contributed by atoms with Crippen molar-refractivity contribution >= 4 is 29.1 Å². The molecule has 0 spiro atoms. The van der Waals surface area contributed by atoms with Gasteiger partial charge >= 0.3 is 5.97 Å². The molecule has 0 aliphatic carbocycles. The Hall–Kier alpha value is -0.550. The number of carboxylic acid groups (broad SMARTS) is 1. The smallest absolute Gasteiger partial charge is 0.313 e. The minimum atomic E-state index is -0.763. The Balaban J connectivity index is 2.29. The molecule has 0 fully saturated rings. The molecule has 1 aromatic rings. The van der Waals surface area contributed by atoms with Crippen LogP contribution in [0.1, 0.15) is 9.88 Å². The zero-order valence-corrected chi connectivity index (χ0v) is 8.24. The highest BCUT2D eigenvalue weighted by Crippen LogP contribution is 2.18. The van der Waals surface area contributed by atoms with E-state index in [0.717, 1.165) is 15.6 Å². The molecule has 1 N–H and O–H groups in total. The molecular formula is C7H9NO2S2. The van der Waals surface area contributed by atoms with Crippen LogP contribution < -0.4 is 0 Å². The van der Waals surface area contributed by atoms with Gasteiger partial charge in [0.15, 0.2) is 0 Å². The van der Waals surface area contributed by atoms with Crippen LogP contribution in [-0.2, 0) is 10.5 Å². The maximum Gasteiger partial charge on any atom is 0.313 e. The quantitative estimate of drug-likeness (QED) is 0.810. The third-order valence-corrected chi connectivity index (χ3v) is 3.20. The molecule has 0 atom stereocenters. The Morgan fingerprint density at radius 3 is 3.08 bits per heavy atom. The molecule has 1 rings (SSSR count). The maximum absolute atomic E-state index is 10.2. The number of thiazole rings is 1. The van der Waals surface area contributed by atoms with Crippen LogP contribution in [0.25, 0.3) is 0 Å². The lowest BCUT2D eigenvalue weighted by Crippen LogP contribution is -1.97. The summed E-state index contributed by atoms with van der Waals surface area (Å²) in [6.07, 6.45) is 1.80.